The van der Waals surface area contributed by atoms with Gasteiger partial charge in [-0.2, -0.15) is 0 Å². The van der Waals surface area contributed by atoms with Crippen molar-refractivity contribution in [2.75, 3.05) is 31.5 Å². The molecule has 0 bridgehead atoms. The first kappa shape index (κ1) is 19.3. The summed E-state index contributed by atoms with van der Waals surface area (Å²) in [6.45, 7) is 2.36. The number of carbonyl (C=O) groups is 2. The summed E-state index contributed by atoms with van der Waals surface area (Å²) >= 11 is 1.55. The first-order chi connectivity index (χ1) is 15.2. The molecule has 2 amide bonds. The van der Waals surface area contributed by atoms with Crippen LogP contribution in [0, 0.1) is 0 Å². The summed E-state index contributed by atoms with van der Waals surface area (Å²) in [5, 5.41) is 4.00. The highest BCUT2D eigenvalue weighted by Gasteiger charge is 2.27. The maximum Gasteiger partial charge on any atom is 0.365 e. The van der Waals surface area contributed by atoms with Crippen molar-refractivity contribution in [2.24, 2.45) is 4.99 Å². The molecule has 7 nitrogen and oxygen atoms in total. The summed E-state index contributed by atoms with van der Waals surface area (Å²) in [7, 11) is 0. The Morgan fingerprint density at radius 3 is 2.55 bits per heavy atom. The second kappa shape index (κ2) is 8.23. The van der Waals surface area contributed by atoms with Gasteiger partial charge in [0.25, 0.3) is 0 Å². The maximum absolute atomic E-state index is 12.4. The van der Waals surface area contributed by atoms with E-state index in [9.17, 15) is 9.59 Å². The van der Waals surface area contributed by atoms with Crippen molar-refractivity contribution in [1.29, 1.82) is 0 Å². The molecule has 1 fully saturated rings. The topological polar surface area (TPSA) is 74.2 Å². The fourth-order valence-electron chi connectivity index (χ4n) is 3.54. The van der Waals surface area contributed by atoms with E-state index in [2.05, 4.69) is 10.3 Å². The molecule has 2 aliphatic rings. The van der Waals surface area contributed by atoms with Crippen molar-refractivity contribution >= 4 is 45.0 Å². The highest BCUT2D eigenvalue weighted by atomic mass is 32.1. The standard InChI is InChI=1S/C23H20N4O3S/c28-22-18(25-21(30-22)20-14-16-6-4-5-9-19(16)31-20)15-26-10-12-27(13-11-26)23(29)24-17-7-2-1-3-8-17/h1-9,14-15H,10-13H2,(H,24,29)/b18-15+. The summed E-state index contributed by atoms with van der Waals surface area (Å²) in [5.41, 5.74) is 1.06. The SMILES string of the molecule is O=C1OC(c2cc3ccccc3s2)=N/C1=C/N1CCN(C(=O)Nc2ccccc2)CC1. The molecule has 1 N–H and O–H groups in total. The molecule has 0 saturated carbocycles. The number of urea groups is 1. The van der Waals surface area contributed by atoms with Gasteiger partial charge < -0.3 is 19.9 Å². The molecular weight excluding hydrogens is 412 g/mol. The predicted octanol–water partition coefficient (Wildman–Crippen LogP) is 3.90. The van der Waals surface area contributed by atoms with Crippen LogP contribution in [0.3, 0.4) is 0 Å². The van der Waals surface area contributed by atoms with E-state index in [0.29, 0.717) is 32.1 Å². The lowest BCUT2D eigenvalue weighted by Crippen LogP contribution is -2.48. The molecule has 1 aromatic heterocycles. The Bertz CT molecular complexity index is 1160. The van der Waals surface area contributed by atoms with E-state index in [-0.39, 0.29) is 11.7 Å². The molecular formula is C23H20N4O3S. The molecule has 5 rings (SSSR count). The third kappa shape index (κ3) is 4.15. The van der Waals surface area contributed by atoms with Crippen LogP contribution >= 0.6 is 11.3 Å². The number of piperazine rings is 1. The fourth-order valence-corrected chi connectivity index (χ4v) is 4.53. The first-order valence-corrected chi connectivity index (χ1v) is 10.8. The Kier molecular flexibility index (Phi) is 5.13. The van der Waals surface area contributed by atoms with Gasteiger partial charge in [-0.25, -0.2) is 14.6 Å². The lowest BCUT2D eigenvalue weighted by Gasteiger charge is -2.34. The zero-order valence-corrected chi connectivity index (χ0v) is 17.5. The minimum Gasteiger partial charge on any atom is -0.401 e. The zero-order chi connectivity index (χ0) is 21.2. The summed E-state index contributed by atoms with van der Waals surface area (Å²) < 4.78 is 6.53. The smallest absolute Gasteiger partial charge is 0.365 e. The Labute approximate surface area is 183 Å². The number of esters is 1. The van der Waals surface area contributed by atoms with Crippen LogP contribution < -0.4 is 5.32 Å². The van der Waals surface area contributed by atoms with Gasteiger partial charge >= 0.3 is 12.0 Å². The predicted molar refractivity (Wildman–Crippen MR) is 121 cm³/mol. The summed E-state index contributed by atoms with van der Waals surface area (Å²) in [6, 6.07) is 19.3. The maximum atomic E-state index is 12.4. The average Bonchev–Trinajstić information content (AvgIpc) is 3.38. The van der Waals surface area contributed by atoms with E-state index in [1.165, 1.54) is 0 Å². The number of ether oxygens (including phenoxy) is 1. The van der Waals surface area contributed by atoms with Crippen molar-refractivity contribution in [2.45, 2.75) is 0 Å². The van der Waals surface area contributed by atoms with Crippen LogP contribution in [0.25, 0.3) is 10.1 Å². The first-order valence-electron chi connectivity index (χ1n) is 10.0. The van der Waals surface area contributed by atoms with Gasteiger partial charge in [0.2, 0.25) is 5.90 Å². The number of amides is 2. The molecule has 0 radical (unpaired) electrons. The number of cyclic esters (lactones) is 1. The Balaban J connectivity index is 1.23. The molecule has 2 aliphatic heterocycles. The van der Waals surface area contributed by atoms with Gasteiger partial charge in [0.15, 0.2) is 5.70 Å². The third-order valence-corrected chi connectivity index (χ3v) is 6.29. The number of fused-ring (bicyclic) bond motifs is 1. The molecule has 156 valence electrons. The number of thiophene rings is 1. The number of anilines is 1. The van der Waals surface area contributed by atoms with E-state index in [0.717, 1.165) is 20.7 Å². The third-order valence-electron chi connectivity index (χ3n) is 5.19. The molecule has 0 unspecified atom stereocenters. The van der Waals surface area contributed by atoms with Crippen LogP contribution in [-0.2, 0) is 9.53 Å². The van der Waals surface area contributed by atoms with Gasteiger partial charge in [0.1, 0.15) is 0 Å². The molecule has 1 saturated heterocycles. The molecule has 0 spiro atoms. The lowest BCUT2D eigenvalue weighted by molar-refractivity contribution is -0.130. The lowest BCUT2D eigenvalue weighted by atomic mass is 10.2. The van der Waals surface area contributed by atoms with Gasteiger partial charge in [-0.05, 0) is 29.7 Å². The minimum absolute atomic E-state index is 0.121. The van der Waals surface area contributed by atoms with E-state index in [1.54, 1.807) is 22.4 Å². The van der Waals surface area contributed by atoms with Crippen LogP contribution in [0.2, 0.25) is 0 Å². The Hall–Kier alpha value is -3.65. The quantitative estimate of drug-likeness (QED) is 0.503. The van der Waals surface area contributed by atoms with Gasteiger partial charge in [-0.15, -0.1) is 11.3 Å². The van der Waals surface area contributed by atoms with Crippen LogP contribution in [0.15, 0.2) is 77.6 Å². The number of nitrogens with one attached hydrogen (secondary N) is 1. The zero-order valence-electron chi connectivity index (χ0n) is 16.7. The highest BCUT2D eigenvalue weighted by molar-refractivity contribution is 7.20. The molecule has 31 heavy (non-hydrogen) atoms. The molecule has 3 heterocycles. The fraction of sp³-hybridized carbons (Fsp3) is 0.174. The van der Waals surface area contributed by atoms with Crippen molar-refractivity contribution < 1.29 is 14.3 Å². The molecule has 0 aliphatic carbocycles. The number of para-hydroxylation sites is 1. The largest absolute Gasteiger partial charge is 0.401 e. The van der Waals surface area contributed by atoms with E-state index in [4.69, 9.17) is 4.74 Å². The van der Waals surface area contributed by atoms with Gasteiger partial charge in [0.05, 0.1) is 4.88 Å². The van der Waals surface area contributed by atoms with Crippen molar-refractivity contribution in [3.05, 3.63) is 77.4 Å². The number of carbonyl (C=O) groups excluding carboxylic acids is 2. The van der Waals surface area contributed by atoms with E-state index >= 15 is 0 Å². The Morgan fingerprint density at radius 1 is 1.03 bits per heavy atom. The molecule has 8 heteroatoms. The van der Waals surface area contributed by atoms with Crippen LogP contribution in [0.4, 0.5) is 10.5 Å². The monoisotopic (exact) mass is 432 g/mol. The van der Waals surface area contributed by atoms with Crippen molar-refractivity contribution in [3.8, 4) is 0 Å². The molecule has 2 aromatic carbocycles. The average molecular weight is 433 g/mol. The van der Waals surface area contributed by atoms with Crippen LogP contribution in [0.1, 0.15) is 4.88 Å². The minimum atomic E-state index is -0.447. The summed E-state index contributed by atoms with van der Waals surface area (Å²) in [6.07, 6.45) is 1.73. The van der Waals surface area contributed by atoms with Gasteiger partial charge in [-0.3, -0.25) is 0 Å². The normalized spacial score (nSPS) is 17.7. The van der Waals surface area contributed by atoms with E-state index in [1.807, 2.05) is 65.6 Å². The molecule has 0 atom stereocenters. The second-order valence-corrected chi connectivity index (χ2v) is 8.37. The number of aliphatic imine (C=N–C) groups is 1. The van der Waals surface area contributed by atoms with Crippen LogP contribution in [0.5, 0.6) is 0 Å². The van der Waals surface area contributed by atoms with E-state index < -0.39 is 5.97 Å². The van der Waals surface area contributed by atoms with Crippen LogP contribution in [-0.4, -0.2) is 53.9 Å². The van der Waals surface area contributed by atoms with Crippen molar-refractivity contribution in [3.63, 3.8) is 0 Å². The number of hydrogen-bond acceptors (Lipinski definition) is 6. The summed E-state index contributed by atoms with van der Waals surface area (Å²) in [5.74, 6) is -0.102. The summed E-state index contributed by atoms with van der Waals surface area (Å²) in [4.78, 5) is 33.8. The second-order valence-electron chi connectivity index (χ2n) is 7.29. The number of hydrogen-bond donors (Lipinski definition) is 1. The van der Waals surface area contributed by atoms with Gasteiger partial charge in [0, 0.05) is 42.8 Å². The number of rotatable bonds is 3. The highest BCUT2D eigenvalue weighted by Crippen LogP contribution is 2.28. The number of nitrogens with zero attached hydrogens (tertiary/aromatic N) is 3. The van der Waals surface area contributed by atoms with Gasteiger partial charge in [-0.1, -0.05) is 36.4 Å². The Morgan fingerprint density at radius 2 is 1.77 bits per heavy atom. The van der Waals surface area contributed by atoms with Crippen molar-refractivity contribution in [1.82, 2.24) is 9.80 Å². The molecule has 3 aromatic rings. The number of benzene rings is 2.